The van der Waals surface area contributed by atoms with Crippen molar-refractivity contribution < 1.29 is 5.11 Å². The van der Waals surface area contributed by atoms with Gasteiger partial charge in [-0.3, -0.25) is 0 Å². The summed E-state index contributed by atoms with van der Waals surface area (Å²) >= 11 is 1.60. The second-order valence-electron chi connectivity index (χ2n) is 5.59. The summed E-state index contributed by atoms with van der Waals surface area (Å²) in [5, 5.41) is 13.2. The predicted molar refractivity (Wildman–Crippen MR) is 71.1 cm³/mol. The van der Waals surface area contributed by atoms with Gasteiger partial charge in [-0.15, -0.1) is 11.3 Å². The van der Waals surface area contributed by atoms with Crippen molar-refractivity contribution in [2.75, 3.05) is 5.73 Å². The number of rotatable bonds is 0. The second-order valence-corrected chi connectivity index (χ2v) is 6.48. The van der Waals surface area contributed by atoms with Gasteiger partial charge in [0.05, 0.1) is 11.8 Å². The number of aliphatic hydroxyl groups is 1. The monoisotopic (exact) mass is 248 g/mol. The van der Waals surface area contributed by atoms with Crippen LogP contribution in [-0.4, -0.2) is 10.1 Å². The van der Waals surface area contributed by atoms with Gasteiger partial charge in [-0.2, -0.15) is 0 Å². The summed E-state index contributed by atoms with van der Waals surface area (Å²) < 4.78 is 0. The van der Waals surface area contributed by atoms with Crippen molar-refractivity contribution >= 4 is 27.2 Å². The molecule has 1 unspecified atom stereocenters. The lowest BCUT2D eigenvalue weighted by molar-refractivity contribution is 0.0992. The SMILES string of the molecule is CC1(C)Cc2nc3sccc3c(N)c2C(O)C1. The van der Waals surface area contributed by atoms with Crippen LogP contribution in [0, 0.1) is 5.41 Å². The van der Waals surface area contributed by atoms with Crippen molar-refractivity contribution in [3.05, 3.63) is 22.7 Å². The number of anilines is 1. The van der Waals surface area contributed by atoms with E-state index in [1.807, 2.05) is 11.4 Å². The average molecular weight is 248 g/mol. The largest absolute Gasteiger partial charge is 0.398 e. The lowest BCUT2D eigenvalue weighted by Gasteiger charge is -2.34. The fourth-order valence-electron chi connectivity index (χ4n) is 2.73. The van der Waals surface area contributed by atoms with E-state index in [-0.39, 0.29) is 5.41 Å². The maximum atomic E-state index is 10.3. The fraction of sp³-hybridized carbons (Fsp3) is 0.462. The number of pyridine rings is 1. The van der Waals surface area contributed by atoms with Crippen LogP contribution in [0.1, 0.15) is 37.6 Å². The van der Waals surface area contributed by atoms with E-state index in [1.54, 1.807) is 11.3 Å². The Balaban J connectivity index is 2.28. The molecule has 0 amide bonds. The molecule has 2 aromatic rings. The summed E-state index contributed by atoms with van der Waals surface area (Å²) in [4.78, 5) is 5.64. The Labute approximate surface area is 104 Å². The van der Waals surface area contributed by atoms with Crippen LogP contribution in [-0.2, 0) is 6.42 Å². The first-order valence-corrected chi connectivity index (χ1v) is 6.69. The molecule has 0 saturated heterocycles. The van der Waals surface area contributed by atoms with Gasteiger partial charge >= 0.3 is 0 Å². The van der Waals surface area contributed by atoms with Crippen LogP contribution in [0.3, 0.4) is 0 Å². The van der Waals surface area contributed by atoms with Gasteiger partial charge < -0.3 is 10.8 Å². The lowest BCUT2D eigenvalue weighted by Crippen LogP contribution is -2.27. The summed E-state index contributed by atoms with van der Waals surface area (Å²) in [6, 6.07) is 1.98. The lowest BCUT2D eigenvalue weighted by atomic mass is 9.74. The molecule has 17 heavy (non-hydrogen) atoms. The number of aliphatic hydroxyl groups excluding tert-OH is 1. The van der Waals surface area contributed by atoms with E-state index in [0.29, 0.717) is 5.69 Å². The van der Waals surface area contributed by atoms with Gasteiger partial charge in [0.1, 0.15) is 4.83 Å². The number of nitrogen functional groups attached to an aromatic ring is 1. The fourth-order valence-corrected chi connectivity index (χ4v) is 3.53. The zero-order valence-corrected chi connectivity index (χ0v) is 10.8. The van der Waals surface area contributed by atoms with Crippen LogP contribution in [0.15, 0.2) is 11.4 Å². The van der Waals surface area contributed by atoms with Crippen LogP contribution in [0.4, 0.5) is 5.69 Å². The molecule has 90 valence electrons. The summed E-state index contributed by atoms with van der Waals surface area (Å²) in [5.41, 5.74) is 8.81. The first kappa shape index (κ1) is 11.0. The Kier molecular flexibility index (Phi) is 2.22. The number of thiophene rings is 1. The molecule has 2 heterocycles. The van der Waals surface area contributed by atoms with E-state index in [1.165, 1.54) is 0 Å². The Hall–Kier alpha value is -1.13. The highest BCUT2D eigenvalue weighted by molar-refractivity contribution is 7.16. The molecule has 3 nitrogen and oxygen atoms in total. The molecule has 0 fully saturated rings. The molecule has 0 bridgehead atoms. The van der Waals surface area contributed by atoms with Crippen molar-refractivity contribution in [3.63, 3.8) is 0 Å². The van der Waals surface area contributed by atoms with Gasteiger partial charge in [0.2, 0.25) is 0 Å². The number of nitrogens with two attached hydrogens (primary N) is 1. The second kappa shape index (κ2) is 3.43. The van der Waals surface area contributed by atoms with Crippen molar-refractivity contribution in [2.24, 2.45) is 5.41 Å². The average Bonchev–Trinajstić information content (AvgIpc) is 2.62. The standard InChI is InChI=1S/C13H16N2OS/c1-13(2)5-8-10(9(16)6-13)11(14)7-3-4-17-12(7)15-8/h3-4,9,16H,5-6H2,1-2H3,(H2,14,15). The molecule has 0 aliphatic heterocycles. The number of nitrogens with zero attached hydrogens (tertiary/aromatic N) is 1. The quantitative estimate of drug-likeness (QED) is 0.753. The van der Waals surface area contributed by atoms with E-state index in [0.717, 1.165) is 34.3 Å². The highest BCUT2D eigenvalue weighted by atomic mass is 32.1. The molecule has 0 radical (unpaired) electrons. The van der Waals surface area contributed by atoms with Gasteiger partial charge in [0.15, 0.2) is 0 Å². The van der Waals surface area contributed by atoms with Crippen LogP contribution >= 0.6 is 11.3 Å². The molecule has 1 aliphatic carbocycles. The van der Waals surface area contributed by atoms with Crippen molar-refractivity contribution in [1.29, 1.82) is 0 Å². The van der Waals surface area contributed by atoms with Gasteiger partial charge in [-0.05, 0) is 29.7 Å². The molecule has 0 spiro atoms. The maximum Gasteiger partial charge on any atom is 0.125 e. The van der Waals surface area contributed by atoms with Crippen molar-refractivity contribution in [1.82, 2.24) is 4.98 Å². The van der Waals surface area contributed by atoms with Crippen LogP contribution < -0.4 is 5.73 Å². The normalized spacial score (nSPS) is 22.6. The minimum Gasteiger partial charge on any atom is -0.398 e. The number of aromatic nitrogens is 1. The van der Waals surface area contributed by atoms with Crippen molar-refractivity contribution in [3.8, 4) is 0 Å². The van der Waals surface area contributed by atoms with E-state index in [2.05, 4.69) is 18.8 Å². The summed E-state index contributed by atoms with van der Waals surface area (Å²) in [6.45, 7) is 4.32. The van der Waals surface area contributed by atoms with E-state index in [4.69, 9.17) is 5.73 Å². The Bertz CT molecular complexity index is 588. The third-order valence-corrected chi connectivity index (χ3v) is 4.30. The highest BCUT2D eigenvalue weighted by Crippen LogP contribution is 2.44. The van der Waals surface area contributed by atoms with Crippen LogP contribution in [0.2, 0.25) is 0 Å². The highest BCUT2D eigenvalue weighted by Gasteiger charge is 2.34. The Morgan fingerprint density at radius 1 is 1.53 bits per heavy atom. The smallest absolute Gasteiger partial charge is 0.125 e. The van der Waals surface area contributed by atoms with Crippen LogP contribution in [0.25, 0.3) is 10.2 Å². The first-order chi connectivity index (χ1) is 7.98. The zero-order chi connectivity index (χ0) is 12.2. The van der Waals surface area contributed by atoms with Crippen LogP contribution in [0.5, 0.6) is 0 Å². The zero-order valence-electron chi connectivity index (χ0n) is 10.0. The third kappa shape index (κ3) is 1.63. The molecule has 3 rings (SSSR count). The van der Waals surface area contributed by atoms with Gasteiger partial charge in [0, 0.05) is 16.6 Å². The van der Waals surface area contributed by atoms with Gasteiger partial charge in [0.25, 0.3) is 0 Å². The molecular weight excluding hydrogens is 232 g/mol. The molecule has 0 aromatic carbocycles. The number of fused-ring (bicyclic) bond motifs is 2. The summed E-state index contributed by atoms with van der Waals surface area (Å²) in [7, 11) is 0. The summed E-state index contributed by atoms with van der Waals surface area (Å²) in [5.74, 6) is 0. The van der Waals surface area contributed by atoms with E-state index < -0.39 is 6.10 Å². The van der Waals surface area contributed by atoms with Gasteiger partial charge in [-0.1, -0.05) is 13.8 Å². The molecule has 1 aliphatic rings. The van der Waals surface area contributed by atoms with Gasteiger partial charge in [-0.25, -0.2) is 4.98 Å². The predicted octanol–water partition coefficient (Wildman–Crippen LogP) is 2.88. The third-order valence-electron chi connectivity index (χ3n) is 3.50. The molecule has 0 saturated carbocycles. The topological polar surface area (TPSA) is 59.1 Å². The molecule has 4 heteroatoms. The minimum absolute atomic E-state index is 0.0940. The molecular formula is C13H16N2OS. The first-order valence-electron chi connectivity index (χ1n) is 5.81. The minimum atomic E-state index is -0.481. The number of hydrogen-bond acceptors (Lipinski definition) is 4. The molecule has 3 N–H and O–H groups in total. The van der Waals surface area contributed by atoms with E-state index in [9.17, 15) is 5.11 Å². The maximum absolute atomic E-state index is 10.3. The summed E-state index contributed by atoms with van der Waals surface area (Å²) in [6.07, 6.45) is 1.16. The number of hydrogen-bond donors (Lipinski definition) is 2. The van der Waals surface area contributed by atoms with E-state index >= 15 is 0 Å². The Morgan fingerprint density at radius 3 is 3.06 bits per heavy atom. The Morgan fingerprint density at radius 2 is 2.29 bits per heavy atom. The molecule has 2 aromatic heterocycles. The molecule has 1 atom stereocenters. The van der Waals surface area contributed by atoms with Crippen molar-refractivity contribution in [2.45, 2.75) is 32.8 Å².